The fourth-order valence-corrected chi connectivity index (χ4v) is 7.18. The van der Waals surface area contributed by atoms with Gasteiger partial charge < -0.3 is 9.84 Å². The molecule has 6 atom stereocenters. The van der Waals surface area contributed by atoms with Crippen molar-refractivity contribution < 1.29 is 14.6 Å². The standard InChI is InChI=1S/C24H38O3S/c1-5-18-11-14-23(28-18)22(27-17(3)25)10-6-8-16(2)19-12-13-20-21(26)9-7-15-24(19,20)4/h11,14,16,19-22,26H,5-10,12-13,15H2,1-4H3. The van der Waals surface area contributed by atoms with Gasteiger partial charge in [0.25, 0.3) is 0 Å². The van der Waals surface area contributed by atoms with Crippen LogP contribution in [0, 0.1) is 23.2 Å². The third-order valence-corrected chi connectivity index (χ3v) is 8.95. The highest BCUT2D eigenvalue weighted by molar-refractivity contribution is 7.12. The highest BCUT2D eigenvalue weighted by Gasteiger charge is 2.51. The Morgan fingerprint density at radius 3 is 2.79 bits per heavy atom. The van der Waals surface area contributed by atoms with Crippen molar-refractivity contribution in [3.63, 3.8) is 0 Å². The summed E-state index contributed by atoms with van der Waals surface area (Å²) < 4.78 is 5.66. The molecule has 3 nitrogen and oxygen atoms in total. The van der Waals surface area contributed by atoms with E-state index in [1.165, 1.54) is 48.8 Å². The molecule has 1 aromatic rings. The molecule has 4 heteroatoms. The summed E-state index contributed by atoms with van der Waals surface area (Å²) in [6.45, 7) is 8.52. The van der Waals surface area contributed by atoms with Gasteiger partial charge in [0, 0.05) is 16.7 Å². The number of hydrogen-bond donors (Lipinski definition) is 1. The summed E-state index contributed by atoms with van der Waals surface area (Å²) in [6, 6.07) is 4.29. The first kappa shape index (κ1) is 21.8. The maximum Gasteiger partial charge on any atom is 0.303 e. The molecule has 0 amide bonds. The molecule has 0 bridgehead atoms. The van der Waals surface area contributed by atoms with Crippen LogP contribution in [0.3, 0.4) is 0 Å². The molecule has 0 saturated heterocycles. The number of rotatable bonds is 8. The maximum atomic E-state index is 11.6. The molecule has 0 radical (unpaired) electrons. The van der Waals surface area contributed by atoms with E-state index in [1.807, 2.05) is 0 Å². The minimum atomic E-state index is -0.188. The number of aliphatic hydroxyl groups excluding tert-OH is 1. The predicted octanol–water partition coefficient (Wildman–Crippen LogP) is 6.30. The average molecular weight is 407 g/mol. The number of carbonyl (C=O) groups is 1. The Bertz CT molecular complexity index is 654. The number of aryl methyl sites for hydroxylation is 1. The monoisotopic (exact) mass is 406 g/mol. The zero-order chi connectivity index (χ0) is 20.3. The second-order valence-corrected chi connectivity index (χ2v) is 10.6. The number of carbonyl (C=O) groups excluding carboxylic acids is 1. The van der Waals surface area contributed by atoms with Gasteiger partial charge in [-0.3, -0.25) is 4.79 Å². The average Bonchev–Trinajstić information content (AvgIpc) is 3.25. The zero-order valence-electron chi connectivity index (χ0n) is 18.1. The van der Waals surface area contributed by atoms with Gasteiger partial charge in [0.05, 0.1) is 6.10 Å². The van der Waals surface area contributed by atoms with Crippen molar-refractivity contribution in [2.75, 3.05) is 0 Å². The van der Waals surface area contributed by atoms with Crippen LogP contribution in [-0.4, -0.2) is 17.2 Å². The highest BCUT2D eigenvalue weighted by Crippen LogP contribution is 2.58. The molecule has 1 aromatic heterocycles. The van der Waals surface area contributed by atoms with Crippen molar-refractivity contribution in [1.82, 2.24) is 0 Å². The molecule has 158 valence electrons. The van der Waals surface area contributed by atoms with Gasteiger partial charge in [-0.15, -0.1) is 11.3 Å². The van der Waals surface area contributed by atoms with E-state index in [0.717, 1.165) is 25.7 Å². The SMILES string of the molecule is CCc1ccc(C(CCCC(C)C2CCC3C(O)CCCC23C)OC(C)=O)s1. The minimum absolute atomic E-state index is 0.0871. The molecule has 0 aromatic carbocycles. The lowest BCUT2D eigenvalue weighted by Gasteiger charge is -2.45. The van der Waals surface area contributed by atoms with E-state index in [0.29, 0.717) is 23.2 Å². The summed E-state index contributed by atoms with van der Waals surface area (Å²) in [7, 11) is 0. The van der Waals surface area contributed by atoms with E-state index in [-0.39, 0.29) is 18.2 Å². The molecule has 0 spiro atoms. The third-order valence-electron chi connectivity index (χ3n) is 7.63. The molecule has 2 aliphatic carbocycles. The summed E-state index contributed by atoms with van der Waals surface area (Å²) in [5.41, 5.74) is 0.316. The van der Waals surface area contributed by atoms with Crippen molar-refractivity contribution in [3.8, 4) is 0 Å². The van der Waals surface area contributed by atoms with Crippen molar-refractivity contribution in [2.45, 2.75) is 97.7 Å². The lowest BCUT2D eigenvalue weighted by atomic mass is 9.61. The summed E-state index contributed by atoms with van der Waals surface area (Å²) in [4.78, 5) is 14.1. The lowest BCUT2D eigenvalue weighted by Crippen LogP contribution is -2.41. The fraction of sp³-hybridized carbons (Fsp3) is 0.792. The number of thiophene rings is 1. The largest absolute Gasteiger partial charge is 0.457 e. The fourth-order valence-electron chi connectivity index (χ4n) is 6.17. The molecular formula is C24H38O3S. The number of esters is 1. The van der Waals surface area contributed by atoms with Crippen molar-refractivity contribution >= 4 is 17.3 Å². The van der Waals surface area contributed by atoms with Gasteiger partial charge in [0.2, 0.25) is 0 Å². The molecule has 3 rings (SSSR count). The second kappa shape index (κ2) is 9.30. The smallest absolute Gasteiger partial charge is 0.303 e. The Labute approximate surface area is 174 Å². The lowest BCUT2D eigenvalue weighted by molar-refractivity contribution is -0.147. The van der Waals surface area contributed by atoms with Gasteiger partial charge in [-0.2, -0.15) is 0 Å². The van der Waals surface area contributed by atoms with E-state index in [9.17, 15) is 9.90 Å². The highest BCUT2D eigenvalue weighted by atomic mass is 32.1. The van der Waals surface area contributed by atoms with E-state index < -0.39 is 0 Å². The summed E-state index contributed by atoms with van der Waals surface area (Å²) in [5.74, 6) is 1.69. The Hall–Kier alpha value is -0.870. The number of hydrogen-bond acceptors (Lipinski definition) is 4. The second-order valence-electron chi connectivity index (χ2n) is 9.42. The first-order chi connectivity index (χ1) is 13.3. The van der Waals surface area contributed by atoms with E-state index in [4.69, 9.17) is 4.74 Å². The van der Waals surface area contributed by atoms with Crippen LogP contribution in [0.5, 0.6) is 0 Å². The molecule has 2 saturated carbocycles. The van der Waals surface area contributed by atoms with Crippen LogP contribution in [0.15, 0.2) is 12.1 Å². The number of aliphatic hydroxyl groups is 1. The Morgan fingerprint density at radius 1 is 1.32 bits per heavy atom. The van der Waals surface area contributed by atoms with Gasteiger partial charge >= 0.3 is 5.97 Å². The van der Waals surface area contributed by atoms with Gasteiger partial charge in [0.1, 0.15) is 6.10 Å². The summed E-state index contributed by atoms with van der Waals surface area (Å²) in [6.07, 6.45) is 9.89. The van der Waals surface area contributed by atoms with Crippen LogP contribution in [-0.2, 0) is 16.0 Å². The van der Waals surface area contributed by atoms with E-state index in [2.05, 4.69) is 32.9 Å². The van der Waals surface area contributed by atoms with Crippen LogP contribution >= 0.6 is 11.3 Å². The molecule has 6 unspecified atom stereocenters. The first-order valence-electron chi connectivity index (χ1n) is 11.3. The summed E-state index contributed by atoms with van der Waals surface area (Å²) >= 11 is 1.78. The van der Waals surface area contributed by atoms with Crippen LogP contribution in [0.1, 0.15) is 94.9 Å². The first-order valence-corrected chi connectivity index (χ1v) is 12.1. The molecular weight excluding hydrogens is 368 g/mol. The maximum absolute atomic E-state index is 11.6. The molecule has 2 fully saturated rings. The third kappa shape index (κ3) is 4.64. The molecule has 0 aliphatic heterocycles. The Balaban J connectivity index is 1.57. The Kier molecular flexibility index (Phi) is 7.25. The van der Waals surface area contributed by atoms with E-state index >= 15 is 0 Å². The molecule has 2 aliphatic rings. The van der Waals surface area contributed by atoms with Gasteiger partial charge in [-0.05, 0) is 80.2 Å². The van der Waals surface area contributed by atoms with Gasteiger partial charge in [-0.25, -0.2) is 0 Å². The van der Waals surface area contributed by atoms with E-state index in [1.54, 1.807) is 11.3 Å². The normalized spacial score (nSPS) is 32.0. The van der Waals surface area contributed by atoms with Crippen molar-refractivity contribution in [2.24, 2.45) is 23.2 Å². The van der Waals surface area contributed by atoms with Gasteiger partial charge in [-0.1, -0.05) is 33.6 Å². The van der Waals surface area contributed by atoms with Crippen LogP contribution in [0.2, 0.25) is 0 Å². The van der Waals surface area contributed by atoms with Crippen molar-refractivity contribution in [1.29, 1.82) is 0 Å². The quantitative estimate of drug-likeness (QED) is 0.515. The van der Waals surface area contributed by atoms with Gasteiger partial charge in [0.15, 0.2) is 0 Å². The topological polar surface area (TPSA) is 46.5 Å². The van der Waals surface area contributed by atoms with Crippen LogP contribution in [0.25, 0.3) is 0 Å². The molecule has 28 heavy (non-hydrogen) atoms. The van der Waals surface area contributed by atoms with Crippen LogP contribution < -0.4 is 0 Å². The number of fused-ring (bicyclic) bond motifs is 1. The molecule has 1 heterocycles. The van der Waals surface area contributed by atoms with Crippen molar-refractivity contribution in [3.05, 3.63) is 21.9 Å². The Morgan fingerprint density at radius 2 is 2.11 bits per heavy atom. The zero-order valence-corrected chi connectivity index (χ0v) is 18.9. The molecule has 1 N–H and O–H groups in total. The van der Waals surface area contributed by atoms with Crippen LogP contribution in [0.4, 0.5) is 0 Å². The minimum Gasteiger partial charge on any atom is -0.457 e. The number of ether oxygens (including phenoxy) is 1. The predicted molar refractivity (Wildman–Crippen MR) is 115 cm³/mol. The summed E-state index contributed by atoms with van der Waals surface area (Å²) in [5, 5.41) is 10.5.